The van der Waals surface area contributed by atoms with E-state index in [1.807, 2.05) is 11.8 Å². The Morgan fingerprint density at radius 3 is 2.79 bits per heavy atom. The SMILES string of the molecule is CC(C)[C@@H]1CS[C@@H]2CC[C@H](C)C(=O)N21. The molecule has 0 aromatic rings. The zero-order chi connectivity index (χ0) is 10.3. The predicted molar refractivity (Wildman–Crippen MR) is 60.1 cm³/mol. The third kappa shape index (κ3) is 1.56. The number of nitrogens with zero attached hydrogens (tertiary/aromatic N) is 1. The molecular weight excluding hydrogens is 194 g/mol. The van der Waals surface area contributed by atoms with Gasteiger partial charge >= 0.3 is 0 Å². The molecule has 0 saturated carbocycles. The molecule has 0 radical (unpaired) electrons. The lowest BCUT2D eigenvalue weighted by atomic mass is 9.95. The first-order valence-corrected chi connectivity index (χ1v) is 6.60. The summed E-state index contributed by atoms with van der Waals surface area (Å²) in [7, 11) is 0. The molecular formula is C11H19NOS. The molecule has 2 aliphatic rings. The molecule has 3 heteroatoms. The van der Waals surface area contributed by atoms with Crippen LogP contribution in [0.2, 0.25) is 0 Å². The molecule has 0 aromatic heterocycles. The Bertz CT molecular complexity index is 241. The van der Waals surface area contributed by atoms with E-state index in [0.29, 0.717) is 23.2 Å². The van der Waals surface area contributed by atoms with Crippen LogP contribution >= 0.6 is 11.8 Å². The van der Waals surface area contributed by atoms with Crippen LogP contribution in [-0.2, 0) is 4.79 Å². The van der Waals surface area contributed by atoms with Crippen molar-refractivity contribution in [1.82, 2.24) is 4.90 Å². The van der Waals surface area contributed by atoms with Crippen LogP contribution in [-0.4, -0.2) is 28.0 Å². The molecule has 2 saturated heterocycles. The molecule has 0 N–H and O–H groups in total. The largest absolute Gasteiger partial charge is 0.326 e. The number of carbonyl (C=O) groups excluding carboxylic acids is 1. The smallest absolute Gasteiger partial charge is 0.226 e. The maximum atomic E-state index is 12.0. The van der Waals surface area contributed by atoms with Gasteiger partial charge in [0.05, 0.1) is 5.37 Å². The highest BCUT2D eigenvalue weighted by molar-refractivity contribution is 8.00. The van der Waals surface area contributed by atoms with Gasteiger partial charge in [-0.1, -0.05) is 20.8 Å². The number of hydrogen-bond donors (Lipinski definition) is 0. The molecule has 80 valence electrons. The van der Waals surface area contributed by atoms with E-state index in [2.05, 4.69) is 25.7 Å². The minimum Gasteiger partial charge on any atom is -0.326 e. The highest BCUT2D eigenvalue weighted by atomic mass is 32.2. The summed E-state index contributed by atoms with van der Waals surface area (Å²) in [5.74, 6) is 2.39. The lowest BCUT2D eigenvalue weighted by molar-refractivity contribution is -0.141. The number of rotatable bonds is 1. The van der Waals surface area contributed by atoms with E-state index in [1.54, 1.807) is 0 Å². The molecule has 2 fully saturated rings. The van der Waals surface area contributed by atoms with E-state index in [9.17, 15) is 4.79 Å². The zero-order valence-electron chi connectivity index (χ0n) is 9.19. The van der Waals surface area contributed by atoms with Gasteiger partial charge in [-0.25, -0.2) is 0 Å². The molecule has 0 bridgehead atoms. The van der Waals surface area contributed by atoms with Crippen LogP contribution < -0.4 is 0 Å². The summed E-state index contributed by atoms with van der Waals surface area (Å²) >= 11 is 1.97. The summed E-state index contributed by atoms with van der Waals surface area (Å²) in [6.45, 7) is 6.51. The van der Waals surface area contributed by atoms with Gasteiger partial charge in [0.1, 0.15) is 0 Å². The Hall–Kier alpha value is -0.180. The van der Waals surface area contributed by atoms with Crippen LogP contribution in [0, 0.1) is 11.8 Å². The number of amides is 1. The van der Waals surface area contributed by atoms with Crippen LogP contribution in [0.4, 0.5) is 0 Å². The average Bonchev–Trinajstić information content (AvgIpc) is 2.55. The van der Waals surface area contributed by atoms with Gasteiger partial charge in [-0.15, -0.1) is 11.8 Å². The summed E-state index contributed by atoms with van der Waals surface area (Å²) in [4.78, 5) is 14.2. The quantitative estimate of drug-likeness (QED) is 0.666. The molecule has 14 heavy (non-hydrogen) atoms. The first-order chi connectivity index (χ1) is 6.61. The van der Waals surface area contributed by atoms with Gasteiger partial charge in [-0.2, -0.15) is 0 Å². The van der Waals surface area contributed by atoms with E-state index < -0.39 is 0 Å². The van der Waals surface area contributed by atoms with Gasteiger partial charge in [0, 0.05) is 17.7 Å². The normalized spacial score (nSPS) is 37.9. The fourth-order valence-corrected chi connectivity index (χ4v) is 4.08. The number of thioether (sulfide) groups is 1. The minimum absolute atomic E-state index is 0.256. The molecule has 0 aromatic carbocycles. The summed E-state index contributed by atoms with van der Waals surface area (Å²) in [6.07, 6.45) is 2.28. The monoisotopic (exact) mass is 213 g/mol. The van der Waals surface area contributed by atoms with Gasteiger partial charge in [-0.05, 0) is 18.8 Å². The highest BCUT2D eigenvalue weighted by Gasteiger charge is 2.43. The Balaban J connectivity index is 2.16. The zero-order valence-corrected chi connectivity index (χ0v) is 10.0. The molecule has 0 unspecified atom stereocenters. The molecule has 2 nitrogen and oxygen atoms in total. The van der Waals surface area contributed by atoms with Crippen molar-refractivity contribution in [3.8, 4) is 0 Å². The summed E-state index contributed by atoms with van der Waals surface area (Å²) in [5.41, 5.74) is 0. The lowest BCUT2D eigenvalue weighted by Gasteiger charge is -2.37. The van der Waals surface area contributed by atoms with Crippen molar-refractivity contribution in [2.45, 2.75) is 45.0 Å². The second-order valence-corrected chi connectivity index (χ2v) is 6.03. The molecule has 0 aliphatic carbocycles. The van der Waals surface area contributed by atoms with Gasteiger partial charge in [0.25, 0.3) is 0 Å². The number of hydrogen-bond acceptors (Lipinski definition) is 2. The van der Waals surface area contributed by atoms with Crippen LogP contribution in [0.3, 0.4) is 0 Å². The molecule has 2 rings (SSSR count). The maximum absolute atomic E-state index is 12.0. The van der Waals surface area contributed by atoms with Crippen LogP contribution in [0.5, 0.6) is 0 Å². The van der Waals surface area contributed by atoms with E-state index >= 15 is 0 Å². The van der Waals surface area contributed by atoms with Crippen molar-refractivity contribution in [1.29, 1.82) is 0 Å². The van der Waals surface area contributed by atoms with Crippen molar-refractivity contribution < 1.29 is 4.79 Å². The Morgan fingerprint density at radius 1 is 1.43 bits per heavy atom. The first-order valence-electron chi connectivity index (χ1n) is 5.55. The Morgan fingerprint density at radius 2 is 2.14 bits per heavy atom. The lowest BCUT2D eigenvalue weighted by Crippen LogP contribution is -2.49. The minimum atomic E-state index is 0.256. The van der Waals surface area contributed by atoms with Crippen LogP contribution in [0.25, 0.3) is 0 Å². The summed E-state index contributed by atoms with van der Waals surface area (Å²) in [5, 5.41) is 0.492. The fraction of sp³-hybridized carbons (Fsp3) is 0.909. The number of piperidine rings is 1. The topological polar surface area (TPSA) is 20.3 Å². The van der Waals surface area contributed by atoms with Crippen LogP contribution in [0.15, 0.2) is 0 Å². The third-order valence-electron chi connectivity index (χ3n) is 3.42. The first kappa shape index (κ1) is 10.3. The van der Waals surface area contributed by atoms with Crippen molar-refractivity contribution >= 4 is 17.7 Å². The van der Waals surface area contributed by atoms with E-state index in [0.717, 1.165) is 12.2 Å². The van der Waals surface area contributed by atoms with E-state index in [4.69, 9.17) is 0 Å². The van der Waals surface area contributed by atoms with Gasteiger partial charge in [-0.3, -0.25) is 4.79 Å². The molecule has 0 spiro atoms. The van der Waals surface area contributed by atoms with E-state index in [-0.39, 0.29) is 5.92 Å². The Labute approximate surface area is 90.4 Å². The molecule has 2 heterocycles. The van der Waals surface area contributed by atoms with Crippen molar-refractivity contribution in [3.63, 3.8) is 0 Å². The van der Waals surface area contributed by atoms with Crippen molar-refractivity contribution in [3.05, 3.63) is 0 Å². The predicted octanol–water partition coefficient (Wildman–Crippen LogP) is 2.34. The average molecular weight is 213 g/mol. The summed E-state index contributed by atoms with van der Waals surface area (Å²) in [6, 6.07) is 0.486. The number of carbonyl (C=O) groups is 1. The molecule has 1 amide bonds. The van der Waals surface area contributed by atoms with Gasteiger partial charge in [0.2, 0.25) is 5.91 Å². The maximum Gasteiger partial charge on any atom is 0.226 e. The summed E-state index contributed by atoms with van der Waals surface area (Å²) < 4.78 is 0. The highest BCUT2D eigenvalue weighted by Crippen LogP contribution is 2.40. The van der Waals surface area contributed by atoms with E-state index in [1.165, 1.54) is 6.42 Å². The van der Waals surface area contributed by atoms with Crippen LogP contribution in [0.1, 0.15) is 33.6 Å². The molecule has 3 atom stereocenters. The number of fused-ring (bicyclic) bond motifs is 1. The molecule has 2 aliphatic heterocycles. The van der Waals surface area contributed by atoms with Crippen molar-refractivity contribution in [2.24, 2.45) is 11.8 Å². The van der Waals surface area contributed by atoms with Gasteiger partial charge < -0.3 is 4.90 Å². The van der Waals surface area contributed by atoms with Gasteiger partial charge in [0.15, 0.2) is 0 Å². The Kier molecular flexibility index (Phi) is 2.78. The fourth-order valence-electron chi connectivity index (χ4n) is 2.40. The second kappa shape index (κ2) is 3.76. The standard InChI is InChI=1S/C11H19NOS/c1-7(2)9-6-14-10-5-4-8(3)11(13)12(9)10/h7-10H,4-6H2,1-3H3/t8-,9-,10+/m0/s1. The second-order valence-electron chi connectivity index (χ2n) is 4.82. The van der Waals surface area contributed by atoms with Crippen molar-refractivity contribution in [2.75, 3.05) is 5.75 Å². The third-order valence-corrected chi connectivity index (χ3v) is 4.80.